The molecule has 1 fully saturated rings. The quantitative estimate of drug-likeness (QED) is 0.746. The summed E-state index contributed by atoms with van der Waals surface area (Å²) < 4.78 is 5.27. The molecule has 1 aromatic heterocycles. The zero-order valence-corrected chi connectivity index (χ0v) is 8.75. The van der Waals surface area contributed by atoms with E-state index in [1.165, 1.54) is 0 Å². The van der Waals surface area contributed by atoms with E-state index < -0.39 is 0 Å². The average molecular weight is 209 g/mol. The Morgan fingerprint density at radius 3 is 3.00 bits per heavy atom. The Morgan fingerprint density at radius 2 is 2.36 bits per heavy atom. The molecule has 2 atom stereocenters. The number of hydrogen-bond donors (Lipinski definition) is 0. The highest BCUT2D eigenvalue weighted by Crippen LogP contribution is 2.37. The maximum Gasteiger partial charge on any atom is 0.276 e. The SMILES string of the molecule is Cc1nnc(SC2CCCC2C#N)o1. The van der Waals surface area contributed by atoms with Crippen molar-refractivity contribution in [2.24, 2.45) is 5.92 Å². The molecule has 1 heterocycles. The zero-order chi connectivity index (χ0) is 9.97. The summed E-state index contributed by atoms with van der Waals surface area (Å²) in [7, 11) is 0. The van der Waals surface area contributed by atoms with Crippen LogP contribution in [0.3, 0.4) is 0 Å². The number of aryl methyl sites for hydroxylation is 1. The summed E-state index contributed by atoms with van der Waals surface area (Å²) >= 11 is 1.54. The second kappa shape index (κ2) is 4.01. The van der Waals surface area contributed by atoms with Gasteiger partial charge in [0.25, 0.3) is 5.22 Å². The highest BCUT2D eigenvalue weighted by Gasteiger charge is 2.29. The zero-order valence-electron chi connectivity index (χ0n) is 7.93. The molecule has 0 aromatic carbocycles. The van der Waals surface area contributed by atoms with Gasteiger partial charge in [0, 0.05) is 12.2 Å². The smallest absolute Gasteiger partial charge is 0.276 e. The number of thioether (sulfide) groups is 1. The lowest BCUT2D eigenvalue weighted by atomic mass is 10.1. The van der Waals surface area contributed by atoms with E-state index >= 15 is 0 Å². The summed E-state index contributed by atoms with van der Waals surface area (Å²) in [6.07, 6.45) is 3.20. The lowest BCUT2D eigenvalue weighted by Crippen LogP contribution is -2.07. The van der Waals surface area contributed by atoms with Gasteiger partial charge in [0.15, 0.2) is 0 Å². The first kappa shape index (κ1) is 9.53. The van der Waals surface area contributed by atoms with Crippen LogP contribution in [0.15, 0.2) is 9.64 Å². The molecule has 0 saturated heterocycles. The van der Waals surface area contributed by atoms with Gasteiger partial charge in [-0.05, 0) is 12.8 Å². The van der Waals surface area contributed by atoms with Crippen LogP contribution in [0.1, 0.15) is 25.2 Å². The largest absolute Gasteiger partial charge is 0.416 e. The fourth-order valence-electron chi connectivity index (χ4n) is 1.67. The predicted octanol–water partition coefficient (Wildman–Crippen LogP) is 2.16. The van der Waals surface area contributed by atoms with E-state index in [0.717, 1.165) is 19.3 Å². The van der Waals surface area contributed by atoms with Crippen molar-refractivity contribution < 1.29 is 4.42 Å². The second-order valence-corrected chi connectivity index (χ2v) is 4.60. The van der Waals surface area contributed by atoms with Crippen LogP contribution in [0.5, 0.6) is 0 Å². The number of nitrogens with zero attached hydrogens (tertiary/aromatic N) is 3. The predicted molar refractivity (Wildman–Crippen MR) is 51.6 cm³/mol. The molecular formula is C9H11N3OS. The van der Waals surface area contributed by atoms with Gasteiger partial charge in [-0.2, -0.15) is 5.26 Å². The first-order valence-electron chi connectivity index (χ1n) is 4.66. The Bertz CT molecular complexity index is 357. The van der Waals surface area contributed by atoms with Crippen LogP contribution in [0.25, 0.3) is 0 Å². The first-order valence-corrected chi connectivity index (χ1v) is 5.54. The van der Waals surface area contributed by atoms with Gasteiger partial charge in [-0.25, -0.2) is 0 Å². The van der Waals surface area contributed by atoms with Crippen LogP contribution in [0.2, 0.25) is 0 Å². The van der Waals surface area contributed by atoms with Gasteiger partial charge in [-0.3, -0.25) is 0 Å². The average Bonchev–Trinajstić information content (AvgIpc) is 2.76. The molecule has 0 N–H and O–H groups in total. The normalized spacial score (nSPS) is 26.3. The molecule has 1 aliphatic rings. The Labute approximate surface area is 86.7 Å². The minimum atomic E-state index is 0.146. The fourth-order valence-corrected chi connectivity index (χ4v) is 2.83. The van der Waals surface area contributed by atoms with Crippen LogP contribution < -0.4 is 0 Å². The maximum atomic E-state index is 8.89. The molecule has 5 heteroatoms. The van der Waals surface area contributed by atoms with E-state index in [0.29, 0.717) is 16.4 Å². The topological polar surface area (TPSA) is 62.7 Å². The van der Waals surface area contributed by atoms with Crippen molar-refractivity contribution >= 4 is 11.8 Å². The highest BCUT2D eigenvalue weighted by molar-refractivity contribution is 7.99. The van der Waals surface area contributed by atoms with Crippen molar-refractivity contribution in [3.63, 3.8) is 0 Å². The fraction of sp³-hybridized carbons (Fsp3) is 0.667. The van der Waals surface area contributed by atoms with Crippen molar-refractivity contribution in [1.82, 2.24) is 10.2 Å². The van der Waals surface area contributed by atoms with Crippen LogP contribution in [0.4, 0.5) is 0 Å². The van der Waals surface area contributed by atoms with Gasteiger partial charge in [0.2, 0.25) is 5.89 Å². The van der Waals surface area contributed by atoms with Crippen LogP contribution in [0, 0.1) is 24.2 Å². The minimum absolute atomic E-state index is 0.146. The van der Waals surface area contributed by atoms with Crippen LogP contribution in [-0.4, -0.2) is 15.4 Å². The number of aromatic nitrogens is 2. The molecule has 14 heavy (non-hydrogen) atoms. The molecule has 2 unspecified atom stereocenters. The molecule has 0 radical (unpaired) electrons. The summed E-state index contributed by atoms with van der Waals surface area (Å²) in [5.74, 6) is 0.728. The number of rotatable bonds is 2. The van der Waals surface area contributed by atoms with Gasteiger partial charge in [0.05, 0.1) is 12.0 Å². The molecule has 4 nitrogen and oxygen atoms in total. The molecule has 74 valence electrons. The van der Waals surface area contributed by atoms with Crippen molar-refractivity contribution in [2.75, 3.05) is 0 Å². The number of nitriles is 1. The van der Waals surface area contributed by atoms with Gasteiger partial charge >= 0.3 is 0 Å². The van der Waals surface area contributed by atoms with E-state index in [2.05, 4.69) is 16.3 Å². The third-order valence-corrected chi connectivity index (χ3v) is 3.61. The molecule has 2 rings (SSSR count). The molecular weight excluding hydrogens is 198 g/mol. The molecule has 0 aliphatic heterocycles. The van der Waals surface area contributed by atoms with E-state index in [1.807, 2.05) is 0 Å². The monoisotopic (exact) mass is 209 g/mol. The first-order chi connectivity index (χ1) is 6.79. The van der Waals surface area contributed by atoms with Crippen LogP contribution in [-0.2, 0) is 0 Å². The van der Waals surface area contributed by atoms with E-state index in [4.69, 9.17) is 9.68 Å². The molecule has 0 spiro atoms. The maximum absolute atomic E-state index is 8.89. The van der Waals surface area contributed by atoms with Crippen molar-refractivity contribution in [1.29, 1.82) is 5.26 Å². The summed E-state index contributed by atoms with van der Waals surface area (Å²) in [4.78, 5) is 0. The van der Waals surface area contributed by atoms with Crippen molar-refractivity contribution in [2.45, 2.75) is 36.7 Å². The van der Waals surface area contributed by atoms with Gasteiger partial charge in [-0.15, -0.1) is 10.2 Å². The summed E-state index contributed by atoms with van der Waals surface area (Å²) in [5, 5.41) is 17.5. The third-order valence-electron chi connectivity index (χ3n) is 2.38. The summed E-state index contributed by atoms with van der Waals surface area (Å²) in [5.41, 5.74) is 0. The number of hydrogen-bond acceptors (Lipinski definition) is 5. The highest BCUT2D eigenvalue weighted by atomic mass is 32.2. The lowest BCUT2D eigenvalue weighted by molar-refractivity contribution is 0.428. The lowest BCUT2D eigenvalue weighted by Gasteiger charge is -2.08. The third kappa shape index (κ3) is 1.90. The summed E-state index contributed by atoms with van der Waals surface area (Å²) in [6.45, 7) is 1.77. The Balaban J connectivity index is 2.01. The molecule has 0 bridgehead atoms. The van der Waals surface area contributed by atoms with Crippen molar-refractivity contribution in [3.05, 3.63) is 5.89 Å². The minimum Gasteiger partial charge on any atom is -0.416 e. The van der Waals surface area contributed by atoms with Crippen LogP contribution >= 0.6 is 11.8 Å². The summed E-state index contributed by atoms with van der Waals surface area (Å²) in [6, 6.07) is 2.33. The Morgan fingerprint density at radius 1 is 1.50 bits per heavy atom. The van der Waals surface area contributed by atoms with Gasteiger partial charge in [-0.1, -0.05) is 18.2 Å². The second-order valence-electron chi connectivity index (χ2n) is 3.41. The van der Waals surface area contributed by atoms with E-state index in [-0.39, 0.29) is 5.92 Å². The standard InChI is InChI=1S/C9H11N3OS/c1-6-11-12-9(13-6)14-8-4-2-3-7(8)5-10/h7-8H,2-4H2,1H3. The Hall–Kier alpha value is -1.02. The van der Waals surface area contributed by atoms with Gasteiger partial charge < -0.3 is 4.42 Å². The van der Waals surface area contributed by atoms with E-state index in [1.54, 1.807) is 18.7 Å². The van der Waals surface area contributed by atoms with Gasteiger partial charge in [0.1, 0.15) is 0 Å². The van der Waals surface area contributed by atoms with E-state index in [9.17, 15) is 0 Å². The molecule has 1 saturated carbocycles. The molecule has 1 aliphatic carbocycles. The Kier molecular flexibility index (Phi) is 2.73. The molecule has 0 amide bonds. The van der Waals surface area contributed by atoms with Crippen molar-refractivity contribution in [3.8, 4) is 6.07 Å². The molecule has 1 aromatic rings.